The Morgan fingerprint density at radius 1 is 1.82 bits per heavy atom. The van der Waals surface area contributed by atoms with Crippen molar-refractivity contribution in [2.75, 3.05) is 0 Å². The summed E-state index contributed by atoms with van der Waals surface area (Å²) in [6.07, 6.45) is 6.00. The van der Waals surface area contributed by atoms with Crippen molar-refractivity contribution in [3.63, 3.8) is 0 Å². The Bertz CT molecular complexity index is 230. The van der Waals surface area contributed by atoms with E-state index in [1.54, 1.807) is 6.20 Å². The standard InChI is InChI=1S/C8H12N2O/c1-3-5-10-7-8(6-9-10)11-4-2/h4,6-7H,2-3,5H2,1H3. The van der Waals surface area contributed by atoms with Crippen LogP contribution in [0.1, 0.15) is 13.3 Å². The van der Waals surface area contributed by atoms with Crippen LogP contribution in [0.3, 0.4) is 0 Å². The summed E-state index contributed by atoms with van der Waals surface area (Å²) in [5.41, 5.74) is 0. The lowest BCUT2D eigenvalue weighted by atomic mass is 10.5. The zero-order valence-electron chi connectivity index (χ0n) is 6.66. The van der Waals surface area contributed by atoms with E-state index in [2.05, 4.69) is 18.6 Å². The van der Waals surface area contributed by atoms with Gasteiger partial charge in [0.05, 0.1) is 18.7 Å². The third-order valence-corrected chi connectivity index (χ3v) is 1.28. The summed E-state index contributed by atoms with van der Waals surface area (Å²) in [7, 11) is 0. The van der Waals surface area contributed by atoms with Crippen molar-refractivity contribution in [3.05, 3.63) is 25.2 Å². The average molecular weight is 152 g/mol. The predicted molar refractivity (Wildman–Crippen MR) is 43.3 cm³/mol. The van der Waals surface area contributed by atoms with Gasteiger partial charge >= 0.3 is 0 Å². The summed E-state index contributed by atoms with van der Waals surface area (Å²) in [6, 6.07) is 0. The molecule has 0 saturated heterocycles. The molecule has 0 aromatic carbocycles. The first-order valence-electron chi connectivity index (χ1n) is 3.67. The Kier molecular flexibility index (Phi) is 2.72. The van der Waals surface area contributed by atoms with E-state index in [0.29, 0.717) is 0 Å². The largest absolute Gasteiger partial charge is 0.462 e. The molecule has 11 heavy (non-hydrogen) atoms. The molecule has 0 aliphatic rings. The fourth-order valence-corrected chi connectivity index (χ4v) is 0.853. The third kappa shape index (κ3) is 2.11. The molecule has 0 radical (unpaired) electrons. The average Bonchev–Trinajstić information content (AvgIpc) is 2.38. The Balaban J connectivity index is 2.57. The monoisotopic (exact) mass is 152 g/mol. The summed E-state index contributed by atoms with van der Waals surface area (Å²) < 4.78 is 6.86. The van der Waals surface area contributed by atoms with Crippen molar-refractivity contribution in [2.45, 2.75) is 19.9 Å². The minimum absolute atomic E-state index is 0.744. The van der Waals surface area contributed by atoms with Gasteiger partial charge in [-0.15, -0.1) is 0 Å². The van der Waals surface area contributed by atoms with Crippen LogP contribution in [-0.4, -0.2) is 9.78 Å². The highest BCUT2D eigenvalue weighted by Crippen LogP contribution is 2.07. The fourth-order valence-electron chi connectivity index (χ4n) is 0.853. The highest BCUT2D eigenvalue weighted by atomic mass is 16.5. The number of aromatic nitrogens is 2. The molecule has 3 heteroatoms. The van der Waals surface area contributed by atoms with Crippen molar-refractivity contribution in [2.24, 2.45) is 0 Å². The van der Waals surface area contributed by atoms with Gasteiger partial charge in [0.2, 0.25) is 0 Å². The summed E-state index contributed by atoms with van der Waals surface area (Å²) in [4.78, 5) is 0. The van der Waals surface area contributed by atoms with Crippen LogP contribution in [0.5, 0.6) is 5.75 Å². The summed E-state index contributed by atoms with van der Waals surface area (Å²) in [6.45, 7) is 6.49. The number of aryl methyl sites for hydroxylation is 1. The zero-order chi connectivity index (χ0) is 8.10. The van der Waals surface area contributed by atoms with Crippen molar-refractivity contribution in [1.82, 2.24) is 9.78 Å². The smallest absolute Gasteiger partial charge is 0.164 e. The van der Waals surface area contributed by atoms with E-state index in [-0.39, 0.29) is 0 Å². The topological polar surface area (TPSA) is 27.1 Å². The maximum atomic E-state index is 5.01. The predicted octanol–water partition coefficient (Wildman–Crippen LogP) is 1.82. The van der Waals surface area contributed by atoms with Gasteiger partial charge in [0.1, 0.15) is 0 Å². The van der Waals surface area contributed by atoms with Crippen LogP contribution < -0.4 is 4.74 Å². The van der Waals surface area contributed by atoms with Crippen molar-refractivity contribution >= 4 is 0 Å². The van der Waals surface area contributed by atoms with Crippen LogP contribution >= 0.6 is 0 Å². The van der Waals surface area contributed by atoms with Crippen LogP contribution in [0, 0.1) is 0 Å². The minimum Gasteiger partial charge on any atom is -0.462 e. The molecule has 1 heterocycles. The quantitative estimate of drug-likeness (QED) is 0.615. The molecule has 0 fully saturated rings. The highest BCUT2D eigenvalue weighted by molar-refractivity contribution is 5.12. The molecule has 0 N–H and O–H groups in total. The van der Waals surface area contributed by atoms with Crippen LogP contribution in [0.25, 0.3) is 0 Å². The van der Waals surface area contributed by atoms with Crippen LogP contribution in [0.2, 0.25) is 0 Å². The second-order valence-electron chi connectivity index (χ2n) is 2.22. The molecule has 1 aromatic rings. The zero-order valence-corrected chi connectivity index (χ0v) is 6.66. The van der Waals surface area contributed by atoms with Crippen molar-refractivity contribution in [1.29, 1.82) is 0 Å². The van der Waals surface area contributed by atoms with Crippen LogP contribution in [-0.2, 0) is 6.54 Å². The molecular weight excluding hydrogens is 140 g/mol. The van der Waals surface area contributed by atoms with Crippen molar-refractivity contribution in [3.8, 4) is 5.75 Å². The Morgan fingerprint density at radius 3 is 3.27 bits per heavy atom. The summed E-state index contributed by atoms with van der Waals surface area (Å²) in [5, 5.41) is 4.07. The number of hydrogen-bond acceptors (Lipinski definition) is 2. The summed E-state index contributed by atoms with van der Waals surface area (Å²) in [5.74, 6) is 0.744. The first-order chi connectivity index (χ1) is 5.36. The first-order valence-corrected chi connectivity index (χ1v) is 3.67. The molecule has 0 bridgehead atoms. The van der Waals surface area contributed by atoms with Gasteiger partial charge in [-0.3, -0.25) is 4.68 Å². The minimum atomic E-state index is 0.744. The number of rotatable bonds is 4. The molecule has 1 aromatic heterocycles. The molecule has 0 amide bonds. The maximum Gasteiger partial charge on any atom is 0.164 e. The number of ether oxygens (including phenoxy) is 1. The molecular formula is C8H12N2O. The SMILES string of the molecule is C=COc1cnn(CCC)c1. The fraction of sp³-hybridized carbons (Fsp3) is 0.375. The lowest BCUT2D eigenvalue weighted by molar-refractivity contribution is 0.481. The molecule has 0 unspecified atom stereocenters. The lowest BCUT2D eigenvalue weighted by Crippen LogP contribution is -1.95. The molecule has 0 saturated carbocycles. The number of nitrogens with zero attached hydrogens (tertiary/aromatic N) is 2. The van der Waals surface area contributed by atoms with E-state index in [1.807, 2.05) is 10.9 Å². The van der Waals surface area contributed by atoms with Gasteiger partial charge in [0, 0.05) is 6.54 Å². The Morgan fingerprint density at radius 2 is 2.64 bits per heavy atom. The molecule has 0 spiro atoms. The molecule has 0 atom stereocenters. The third-order valence-electron chi connectivity index (χ3n) is 1.28. The van der Waals surface area contributed by atoms with Gasteiger partial charge in [-0.05, 0) is 6.42 Å². The van der Waals surface area contributed by atoms with Gasteiger partial charge in [-0.25, -0.2) is 0 Å². The molecule has 0 aliphatic heterocycles. The highest BCUT2D eigenvalue weighted by Gasteiger charge is 1.94. The molecule has 3 nitrogen and oxygen atoms in total. The van der Waals surface area contributed by atoms with E-state index >= 15 is 0 Å². The second-order valence-corrected chi connectivity index (χ2v) is 2.22. The van der Waals surface area contributed by atoms with Crippen molar-refractivity contribution < 1.29 is 4.74 Å². The molecule has 0 aliphatic carbocycles. The molecule has 60 valence electrons. The van der Waals surface area contributed by atoms with E-state index in [9.17, 15) is 0 Å². The van der Waals surface area contributed by atoms with Gasteiger partial charge in [0.25, 0.3) is 0 Å². The van der Waals surface area contributed by atoms with E-state index in [4.69, 9.17) is 4.74 Å². The normalized spacial score (nSPS) is 9.55. The van der Waals surface area contributed by atoms with Crippen LogP contribution in [0.4, 0.5) is 0 Å². The van der Waals surface area contributed by atoms with Gasteiger partial charge < -0.3 is 4.74 Å². The van der Waals surface area contributed by atoms with E-state index in [0.717, 1.165) is 18.7 Å². The second kappa shape index (κ2) is 3.81. The maximum absolute atomic E-state index is 5.01. The van der Waals surface area contributed by atoms with E-state index in [1.165, 1.54) is 6.26 Å². The van der Waals surface area contributed by atoms with Gasteiger partial charge in [-0.2, -0.15) is 5.10 Å². The van der Waals surface area contributed by atoms with Gasteiger partial charge in [0.15, 0.2) is 5.75 Å². The Hall–Kier alpha value is -1.25. The number of hydrogen-bond donors (Lipinski definition) is 0. The van der Waals surface area contributed by atoms with Gasteiger partial charge in [-0.1, -0.05) is 13.5 Å². The Labute approximate surface area is 66.3 Å². The lowest BCUT2D eigenvalue weighted by Gasteiger charge is -1.94. The van der Waals surface area contributed by atoms with E-state index < -0.39 is 0 Å². The summed E-state index contributed by atoms with van der Waals surface area (Å²) >= 11 is 0. The molecule has 1 rings (SSSR count). The van der Waals surface area contributed by atoms with Crippen LogP contribution in [0.15, 0.2) is 25.2 Å². The first kappa shape index (κ1) is 7.85.